The van der Waals surface area contributed by atoms with E-state index in [1.807, 2.05) is 54.6 Å². The molecule has 0 atom stereocenters. The van der Waals surface area contributed by atoms with E-state index in [0.717, 1.165) is 21.2 Å². The number of nitrogens with zero attached hydrogens (tertiary/aromatic N) is 2. The van der Waals surface area contributed by atoms with Crippen molar-refractivity contribution in [3.63, 3.8) is 0 Å². The number of aryl methyl sites for hydroxylation is 1. The van der Waals surface area contributed by atoms with Gasteiger partial charge in [0.1, 0.15) is 6.61 Å². The predicted molar refractivity (Wildman–Crippen MR) is 132 cm³/mol. The number of methoxy groups -OCH3 is 1. The fourth-order valence-electron chi connectivity index (χ4n) is 3.41. The van der Waals surface area contributed by atoms with Gasteiger partial charge in [0.25, 0.3) is 0 Å². The Hall–Kier alpha value is -3.10. The van der Waals surface area contributed by atoms with Crippen molar-refractivity contribution in [3.8, 4) is 22.9 Å². The van der Waals surface area contributed by atoms with Crippen LogP contribution < -0.4 is 14.9 Å². The number of ether oxygens (including phenoxy) is 2. The summed E-state index contributed by atoms with van der Waals surface area (Å²) in [5, 5.41) is 7.24. The molecule has 3 aromatic carbocycles. The smallest absolute Gasteiger partial charge is 0.214 e. The lowest BCUT2D eigenvalue weighted by molar-refractivity contribution is 0.281. The number of aromatic nitrogens is 3. The minimum atomic E-state index is 0.432. The van der Waals surface area contributed by atoms with Gasteiger partial charge in [-0.05, 0) is 36.8 Å². The van der Waals surface area contributed by atoms with Crippen LogP contribution in [0.5, 0.6) is 11.5 Å². The van der Waals surface area contributed by atoms with E-state index in [2.05, 4.69) is 50.6 Å². The highest BCUT2D eigenvalue weighted by Crippen LogP contribution is 2.37. The summed E-state index contributed by atoms with van der Waals surface area (Å²) in [4.78, 5) is 0. The van der Waals surface area contributed by atoms with Crippen LogP contribution in [-0.4, -0.2) is 22.0 Å². The zero-order chi connectivity index (χ0) is 22.5. The SMILES string of the molecule is COc1ccc(Br)c(CNn2c(-c3ccccc3)n[nH]c2=S)c1OCc1cccc(C)c1. The number of H-pyrrole nitrogens is 1. The first kappa shape index (κ1) is 22.1. The van der Waals surface area contributed by atoms with Gasteiger partial charge in [-0.1, -0.05) is 76.1 Å². The highest BCUT2D eigenvalue weighted by atomic mass is 79.9. The molecule has 6 nitrogen and oxygen atoms in total. The quantitative estimate of drug-likeness (QED) is 0.284. The number of benzene rings is 3. The number of hydrogen-bond acceptors (Lipinski definition) is 5. The Morgan fingerprint density at radius 2 is 1.91 bits per heavy atom. The molecule has 0 saturated carbocycles. The second-order valence-electron chi connectivity index (χ2n) is 7.22. The Labute approximate surface area is 200 Å². The van der Waals surface area contributed by atoms with E-state index in [9.17, 15) is 0 Å². The molecule has 0 saturated heterocycles. The second-order valence-corrected chi connectivity index (χ2v) is 8.46. The van der Waals surface area contributed by atoms with Gasteiger partial charge >= 0.3 is 0 Å². The fraction of sp³-hybridized carbons (Fsp3) is 0.167. The summed E-state index contributed by atoms with van der Waals surface area (Å²) >= 11 is 9.10. The number of rotatable bonds is 8. The molecular formula is C24H23BrN4O2S. The summed E-state index contributed by atoms with van der Waals surface area (Å²) in [7, 11) is 1.64. The van der Waals surface area contributed by atoms with Crippen LogP contribution in [0.1, 0.15) is 16.7 Å². The van der Waals surface area contributed by atoms with Gasteiger partial charge in [-0.15, -0.1) is 0 Å². The van der Waals surface area contributed by atoms with E-state index in [-0.39, 0.29) is 0 Å². The van der Waals surface area contributed by atoms with Gasteiger partial charge in [0.15, 0.2) is 17.3 Å². The van der Waals surface area contributed by atoms with Crippen LogP contribution in [0.25, 0.3) is 11.4 Å². The van der Waals surface area contributed by atoms with Crippen molar-refractivity contribution in [1.82, 2.24) is 14.9 Å². The van der Waals surface area contributed by atoms with Crippen molar-refractivity contribution in [2.45, 2.75) is 20.1 Å². The minimum Gasteiger partial charge on any atom is -0.493 e. The minimum absolute atomic E-state index is 0.432. The Morgan fingerprint density at radius 1 is 1.09 bits per heavy atom. The van der Waals surface area contributed by atoms with Crippen LogP contribution in [0.3, 0.4) is 0 Å². The highest BCUT2D eigenvalue weighted by Gasteiger charge is 2.16. The summed E-state index contributed by atoms with van der Waals surface area (Å²) in [6, 6.07) is 22.0. The average molecular weight is 511 g/mol. The van der Waals surface area contributed by atoms with Crippen LogP contribution in [-0.2, 0) is 13.2 Å². The zero-order valence-electron chi connectivity index (χ0n) is 17.8. The molecule has 0 radical (unpaired) electrons. The van der Waals surface area contributed by atoms with Gasteiger partial charge < -0.3 is 14.9 Å². The number of nitrogens with one attached hydrogen (secondary N) is 2. The molecule has 0 unspecified atom stereocenters. The molecule has 4 aromatic rings. The summed E-state index contributed by atoms with van der Waals surface area (Å²) in [5.74, 6) is 2.04. The topological polar surface area (TPSA) is 64.1 Å². The Balaban J connectivity index is 1.62. The Morgan fingerprint density at radius 3 is 2.66 bits per heavy atom. The van der Waals surface area contributed by atoms with Gasteiger partial charge in [0, 0.05) is 15.6 Å². The predicted octanol–water partition coefficient (Wildman–Crippen LogP) is 6.01. The van der Waals surface area contributed by atoms with Gasteiger partial charge in [0.2, 0.25) is 4.77 Å². The van der Waals surface area contributed by atoms with Crippen LogP contribution >= 0.6 is 28.1 Å². The van der Waals surface area contributed by atoms with Crippen molar-refractivity contribution in [1.29, 1.82) is 0 Å². The molecule has 0 spiro atoms. The summed E-state index contributed by atoms with van der Waals surface area (Å²) < 4.78 is 15.0. The molecule has 32 heavy (non-hydrogen) atoms. The van der Waals surface area contributed by atoms with Crippen molar-refractivity contribution < 1.29 is 9.47 Å². The standard InChI is InChI=1S/C24H23BrN4O2S/c1-16-7-6-8-17(13-16)15-31-22-19(20(25)11-12-21(22)30-2)14-26-29-23(27-28-24(29)32)18-9-4-3-5-10-18/h3-13,26H,14-15H2,1-2H3,(H,28,32). The number of halogens is 1. The summed E-state index contributed by atoms with van der Waals surface area (Å²) in [6.45, 7) is 2.94. The Bertz CT molecular complexity index is 1270. The second kappa shape index (κ2) is 10.0. The largest absolute Gasteiger partial charge is 0.493 e. The number of hydrogen-bond donors (Lipinski definition) is 2. The van der Waals surface area contributed by atoms with Crippen molar-refractivity contribution in [2.24, 2.45) is 0 Å². The molecule has 8 heteroatoms. The van der Waals surface area contributed by atoms with Gasteiger partial charge in [-0.2, -0.15) is 5.10 Å². The highest BCUT2D eigenvalue weighted by molar-refractivity contribution is 9.10. The maximum absolute atomic E-state index is 6.24. The van der Waals surface area contributed by atoms with Crippen LogP contribution in [0.2, 0.25) is 0 Å². The van der Waals surface area contributed by atoms with Crippen LogP contribution in [0, 0.1) is 11.7 Å². The molecule has 164 valence electrons. The molecule has 1 heterocycles. The maximum Gasteiger partial charge on any atom is 0.214 e. The Kier molecular flexibility index (Phi) is 6.92. The van der Waals surface area contributed by atoms with E-state index in [0.29, 0.717) is 35.2 Å². The van der Waals surface area contributed by atoms with Crippen LogP contribution in [0.15, 0.2) is 71.2 Å². The molecule has 1 aromatic heterocycles. The van der Waals surface area contributed by atoms with E-state index in [1.54, 1.807) is 11.8 Å². The van der Waals surface area contributed by atoms with Crippen molar-refractivity contribution in [3.05, 3.63) is 92.7 Å². The lowest BCUT2D eigenvalue weighted by Gasteiger charge is -2.18. The molecular weight excluding hydrogens is 488 g/mol. The summed E-state index contributed by atoms with van der Waals surface area (Å²) in [5.41, 5.74) is 7.52. The maximum atomic E-state index is 6.24. The van der Waals surface area contributed by atoms with Crippen molar-refractivity contribution >= 4 is 28.1 Å². The van der Waals surface area contributed by atoms with Crippen LogP contribution in [0.4, 0.5) is 0 Å². The molecule has 0 aliphatic heterocycles. The molecule has 0 fully saturated rings. The third-order valence-electron chi connectivity index (χ3n) is 4.97. The molecule has 0 aliphatic rings. The van der Waals surface area contributed by atoms with E-state index < -0.39 is 0 Å². The first-order chi connectivity index (χ1) is 15.6. The first-order valence-electron chi connectivity index (χ1n) is 10.1. The molecule has 0 aliphatic carbocycles. The normalized spacial score (nSPS) is 10.7. The molecule has 4 rings (SSSR count). The van der Waals surface area contributed by atoms with E-state index in [1.165, 1.54) is 5.56 Å². The lowest BCUT2D eigenvalue weighted by atomic mass is 10.1. The summed E-state index contributed by atoms with van der Waals surface area (Å²) in [6.07, 6.45) is 0. The third kappa shape index (κ3) is 4.87. The lowest BCUT2D eigenvalue weighted by Crippen LogP contribution is -2.17. The monoisotopic (exact) mass is 510 g/mol. The molecule has 0 bridgehead atoms. The van der Waals surface area contributed by atoms with E-state index in [4.69, 9.17) is 21.7 Å². The van der Waals surface area contributed by atoms with Gasteiger partial charge in [-0.3, -0.25) is 0 Å². The third-order valence-corrected chi connectivity index (χ3v) is 5.99. The molecule has 2 N–H and O–H groups in total. The van der Waals surface area contributed by atoms with Gasteiger partial charge in [0.05, 0.1) is 13.7 Å². The van der Waals surface area contributed by atoms with E-state index >= 15 is 0 Å². The fourth-order valence-corrected chi connectivity index (χ4v) is 4.06. The first-order valence-corrected chi connectivity index (χ1v) is 11.3. The van der Waals surface area contributed by atoms with Gasteiger partial charge in [-0.25, -0.2) is 9.77 Å². The van der Waals surface area contributed by atoms with Crippen molar-refractivity contribution in [2.75, 3.05) is 12.5 Å². The zero-order valence-corrected chi connectivity index (χ0v) is 20.2. The number of aromatic amines is 1. The molecule has 0 amide bonds. The average Bonchev–Trinajstić information content (AvgIpc) is 3.18.